The number of nitrogens with one attached hydrogen (secondary N) is 2. The van der Waals surface area contributed by atoms with Crippen molar-refractivity contribution in [1.82, 2.24) is 0 Å². The van der Waals surface area contributed by atoms with Gasteiger partial charge in [-0.05, 0) is 42.5 Å². The van der Waals surface area contributed by atoms with E-state index in [1.54, 1.807) is 0 Å². The number of sulfonamides is 1. The highest BCUT2D eigenvalue weighted by Gasteiger charge is 2.21. The number of amides is 1. The fourth-order valence-corrected chi connectivity index (χ4v) is 3.66. The second-order valence-electron chi connectivity index (χ2n) is 5.30. The number of aromatic carboxylic acids is 1. The highest BCUT2D eigenvalue weighted by molar-refractivity contribution is 7.92. The van der Waals surface area contributed by atoms with Gasteiger partial charge in [0.05, 0.1) is 21.0 Å². The molecular formula is C15H14N2O8S2. The van der Waals surface area contributed by atoms with Crippen LogP contribution in [0, 0.1) is 0 Å². The van der Waals surface area contributed by atoms with Gasteiger partial charge in [-0.15, -0.1) is 0 Å². The van der Waals surface area contributed by atoms with Crippen LogP contribution < -0.4 is 10.0 Å². The molecule has 0 atom stereocenters. The number of rotatable bonds is 6. The Kier molecular flexibility index (Phi) is 5.54. The normalized spacial score (nSPS) is 11.6. The molecule has 0 aliphatic rings. The van der Waals surface area contributed by atoms with Crippen molar-refractivity contribution in [3.05, 3.63) is 48.0 Å². The van der Waals surface area contributed by atoms with Crippen molar-refractivity contribution in [3.63, 3.8) is 0 Å². The summed E-state index contributed by atoms with van der Waals surface area (Å²) in [7, 11) is -8.86. The third-order valence-corrected chi connectivity index (χ3v) is 5.48. The molecule has 144 valence electrons. The predicted molar refractivity (Wildman–Crippen MR) is 94.8 cm³/mol. The third-order valence-electron chi connectivity index (χ3n) is 3.25. The molecule has 0 aliphatic heterocycles. The van der Waals surface area contributed by atoms with Crippen molar-refractivity contribution in [1.29, 1.82) is 0 Å². The monoisotopic (exact) mass is 414 g/mol. The summed E-state index contributed by atoms with van der Waals surface area (Å²) in [4.78, 5) is 21.4. The maximum Gasteiger partial charge on any atom is 0.337 e. The van der Waals surface area contributed by atoms with Gasteiger partial charge in [-0.3, -0.25) is 14.1 Å². The van der Waals surface area contributed by atoms with Crippen LogP contribution in [0.15, 0.2) is 52.3 Å². The molecule has 0 aliphatic carbocycles. The molecule has 27 heavy (non-hydrogen) atoms. The van der Waals surface area contributed by atoms with Crippen LogP contribution in [0.4, 0.5) is 11.4 Å². The number of carbonyl (C=O) groups is 2. The smallest absolute Gasteiger partial charge is 0.337 e. The average Bonchev–Trinajstić information content (AvgIpc) is 2.53. The van der Waals surface area contributed by atoms with E-state index in [2.05, 4.69) is 10.0 Å². The maximum absolute atomic E-state index is 12.4. The highest BCUT2D eigenvalue weighted by atomic mass is 32.2. The minimum atomic E-state index is -4.66. The zero-order chi connectivity index (χ0) is 20.4. The number of anilines is 2. The van der Waals surface area contributed by atoms with Crippen molar-refractivity contribution in [3.8, 4) is 0 Å². The third kappa shape index (κ3) is 5.03. The number of hydrogen-bond acceptors (Lipinski definition) is 6. The van der Waals surface area contributed by atoms with Gasteiger partial charge in [-0.2, -0.15) is 8.42 Å². The summed E-state index contributed by atoms with van der Waals surface area (Å²) in [6, 6.07) is 7.48. The molecule has 10 nitrogen and oxygen atoms in total. The Morgan fingerprint density at radius 1 is 0.926 bits per heavy atom. The summed E-state index contributed by atoms with van der Waals surface area (Å²) < 4.78 is 58.2. The Labute approximate surface area is 154 Å². The summed E-state index contributed by atoms with van der Waals surface area (Å²) in [5.41, 5.74) is -0.686. The molecule has 0 radical (unpaired) electrons. The standard InChI is InChI=1S/C15H14N2O8S2/c1-9(18)16-10-2-4-11(5-3-10)26(21,22)17-14-7-6-12(27(23,24)25)8-13(14)15(19)20/h2-8,17H,1H3,(H,16,18)(H,19,20)(H,23,24,25). The summed E-state index contributed by atoms with van der Waals surface area (Å²) in [5.74, 6) is -1.94. The van der Waals surface area contributed by atoms with E-state index in [9.17, 15) is 31.5 Å². The van der Waals surface area contributed by atoms with Crippen molar-refractivity contribution < 1.29 is 36.1 Å². The molecule has 2 aromatic carbocycles. The van der Waals surface area contributed by atoms with E-state index in [1.165, 1.54) is 31.2 Å². The zero-order valence-electron chi connectivity index (χ0n) is 13.7. The Morgan fingerprint density at radius 3 is 1.96 bits per heavy atom. The summed E-state index contributed by atoms with van der Waals surface area (Å²) in [6.07, 6.45) is 0. The van der Waals surface area contributed by atoms with Crippen LogP contribution in [-0.2, 0) is 24.9 Å². The summed E-state index contributed by atoms with van der Waals surface area (Å²) >= 11 is 0. The van der Waals surface area contributed by atoms with Gasteiger partial charge in [0, 0.05) is 12.6 Å². The van der Waals surface area contributed by atoms with Gasteiger partial charge in [0.25, 0.3) is 20.1 Å². The molecule has 0 spiro atoms. The SMILES string of the molecule is CC(=O)Nc1ccc(S(=O)(=O)Nc2ccc(S(=O)(=O)O)cc2C(=O)O)cc1. The quantitative estimate of drug-likeness (QED) is 0.514. The van der Waals surface area contributed by atoms with Crippen LogP contribution >= 0.6 is 0 Å². The Balaban J connectivity index is 2.40. The number of carboxylic acids is 1. The molecule has 0 saturated carbocycles. The van der Waals surface area contributed by atoms with Crippen LogP contribution in [-0.4, -0.2) is 38.4 Å². The minimum absolute atomic E-state index is 0.216. The average molecular weight is 414 g/mol. The lowest BCUT2D eigenvalue weighted by molar-refractivity contribution is -0.114. The molecule has 2 rings (SSSR count). The molecule has 2 aromatic rings. The lowest BCUT2D eigenvalue weighted by Crippen LogP contribution is -2.16. The number of benzene rings is 2. The second kappa shape index (κ2) is 7.34. The lowest BCUT2D eigenvalue weighted by Gasteiger charge is -2.12. The number of carboxylic acid groups (broad SMARTS) is 1. The highest BCUT2D eigenvalue weighted by Crippen LogP contribution is 2.24. The Hall–Kier alpha value is -2.96. The van der Waals surface area contributed by atoms with Crippen LogP contribution in [0.3, 0.4) is 0 Å². The fourth-order valence-electron chi connectivity index (χ4n) is 2.07. The predicted octanol–water partition coefficient (Wildman–Crippen LogP) is 1.39. The van der Waals surface area contributed by atoms with Crippen molar-refractivity contribution in [2.75, 3.05) is 10.0 Å². The van der Waals surface area contributed by atoms with Gasteiger partial charge in [-0.1, -0.05) is 0 Å². The molecule has 0 heterocycles. The Morgan fingerprint density at radius 2 is 1.48 bits per heavy atom. The van der Waals surface area contributed by atoms with E-state index in [1.807, 2.05) is 0 Å². The molecule has 0 unspecified atom stereocenters. The zero-order valence-corrected chi connectivity index (χ0v) is 15.3. The minimum Gasteiger partial charge on any atom is -0.478 e. The summed E-state index contributed by atoms with van der Waals surface area (Å²) in [6.45, 7) is 1.29. The molecule has 0 fully saturated rings. The van der Waals surface area contributed by atoms with E-state index in [0.29, 0.717) is 11.8 Å². The van der Waals surface area contributed by atoms with E-state index in [0.717, 1.165) is 12.1 Å². The molecular weight excluding hydrogens is 400 g/mol. The van der Waals surface area contributed by atoms with Gasteiger partial charge in [0.15, 0.2) is 0 Å². The van der Waals surface area contributed by atoms with Crippen LogP contribution in [0.5, 0.6) is 0 Å². The van der Waals surface area contributed by atoms with Crippen LogP contribution in [0.2, 0.25) is 0 Å². The van der Waals surface area contributed by atoms with Crippen LogP contribution in [0.25, 0.3) is 0 Å². The Bertz CT molecular complexity index is 1110. The maximum atomic E-state index is 12.4. The number of hydrogen-bond donors (Lipinski definition) is 4. The van der Waals surface area contributed by atoms with Gasteiger partial charge >= 0.3 is 5.97 Å². The van der Waals surface area contributed by atoms with E-state index in [-0.39, 0.29) is 16.5 Å². The first kappa shape index (κ1) is 20.4. The fraction of sp³-hybridized carbons (Fsp3) is 0.0667. The van der Waals surface area contributed by atoms with E-state index in [4.69, 9.17) is 4.55 Å². The molecule has 0 bridgehead atoms. The second-order valence-corrected chi connectivity index (χ2v) is 8.40. The first-order chi connectivity index (χ1) is 12.4. The topological polar surface area (TPSA) is 167 Å². The van der Waals surface area contributed by atoms with Gasteiger partial charge in [0.2, 0.25) is 5.91 Å². The molecule has 0 saturated heterocycles. The van der Waals surface area contributed by atoms with Gasteiger partial charge in [-0.25, -0.2) is 13.2 Å². The van der Waals surface area contributed by atoms with Gasteiger partial charge < -0.3 is 10.4 Å². The number of carbonyl (C=O) groups excluding carboxylic acids is 1. The molecule has 4 N–H and O–H groups in total. The van der Waals surface area contributed by atoms with E-state index < -0.39 is 36.6 Å². The first-order valence-corrected chi connectivity index (χ1v) is 10.1. The van der Waals surface area contributed by atoms with Crippen molar-refractivity contribution >= 4 is 43.4 Å². The lowest BCUT2D eigenvalue weighted by atomic mass is 10.2. The largest absolute Gasteiger partial charge is 0.478 e. The first-order valence-electron chi connectivity index (χ1n) is 7.15. The van der Waals surface area contributed by atoms with Crippen molar-refractivity contribution in [2.24, 2.45) is 0 Å². The van der Waals surface area contributed by atoms with Gasteiger partial charge in [0.1, 0.15) is 0 Å². The van der Waals surface area contributed by atoms with Crippen molar-refractivity contribution in [2.45, 2.75) is 16.7 Å². The molecule has 1 amide bonds. The molecule has 12 heteroatoms. The van der Waals surface area contributed by atoms with Crippen LogP contribution in [0.1, 0.15) is 17.3 Å². The molecule has 0 aromatic heterocycles. The van der Waals surface area contributed by atoms with E-state index >= 15 is 0 Å². The summed E-state index contributed by atoms with van der Waals surface area (Å²) in [5, 5.41) is 11.7.